The number of unbranched alkanes of at least 4 members (excludes halogenated alkanes) is 6. The van der Waals surface area contributed by atoms with Gasteiger partial charge in [0, 0.05) is 19.2 Å². The van der Waals surface area contributed by atoms with Crippen molar-refractivity contribution in [2.75, 3.05) is 0 Å². The second kappa shape index (κ2) is 9.72. The maximum absolute atomic E-state index is 2.47. The molecule has 0 saturated carbocycles. The lowest BCUT2D eigenvalue weighted by Crippen LogP contribution is -1.89. The van der Waals surface area contributed by atoms with Crippen LogP contribution in [0.3, 0.4) is 0 Å². The van der Waals surface area contributed by atoms with Crippen LogP contribution in [0.2, 0.25) is 0 Å². The number of fused-ring (bicyclic) bond motifs is 1. The molecule has 1 unspecified atom stereocenters. The second-order valence-corrected chi connectivity index (χ2v) is 8.93. The fourth-order valence-electron chi connectivity index (χ4n) is 3.02. The Kier molecular flexibility index (Phi) is 7.96. The van der Waals surface area contributed by atoms with Crippen LogP contribution in [-0.4, -0.2) is 0 Å². The molecular formula is C20H32S2. The van der Waals surface area contributed by atoms with Crippen molar-refractivity contribution in [1.82, 2.24) is 0 Å². The van der Waals surface area contributed by atoms with E-state index in [0.717, 1.165) is 5.92 Å². The summed E-state index contributed by atoms with van der Waals surface area (Å²) in [6.45, 7) is 6.98. The predicted octanol–water partition coefficient (Wildman–Crippen LogP) is 8.16. The standard InChI is InChI=1S/C20H32S2/c1-4-6-8-9-11-13-17-14-19-20(21-17)15-18(22-19)16(3)12-10-7-5-2/h14-16H,4-13H2,1-3H3. The van der Waals surface area contributed by atoms with E-state index in [9.17, 15) is 0 Å². The first kappa shape index (κ1) is 18.0. The number of hydrogen-bond acceptors (Lipinski definition) is 2. The third kappa shape index (κ3) is 5.38. The highest BCUT2D eigenvalue weighted by Gasteiger charge is 2.12. The van der Waals surface area contributed by atoms with Crippen LogP contribution in [0.25, 0.3) is 9.40 Å². The average Bonchev–Trinajstić information content (AvgIpc) is 3.05. The van der Waals surface area contributed by atoms with Gasteiger partial charge in [0.25, 0.3) is 0 Å². The minimum Gasteiger partial charge on any atom is -0.139 e. The molecule has 2 rings (SSSR count). The molecule has 2 aromatic rings. The van der Waals surface area contributed by atoms with Gasteiger partial charge in [-0.05, 0) is 37.3 Å². The molecule has 0 fully saturated rings. The maximum atomic E-state index is 2.47. The first-order chi connectivity index (χ1) is 10.7. The summed E-state index contributed by atoms with van der Waals surface area (Å²) in [5.41, 5.74) is 0. The van der Waals surface area contributed by atoms with Gasteiger partial charge in [-0.25, -0.2) is 0 Å². The Hall–Kier alpha value is -0.340. The molecule has 0 aliphatic rings. The zero-order valence-corrected chi connectivity index (χ0v) is 16.3. The van der Waals surface area contributed by atoms with E-state index in [1.54, 1.807) is 9.75 Å². The number of hydrogen-bond donors (Lipinski definition) is 0. The van der Waals surface area contributed by atoms with Gasteiger partial charge < -0.3 is 0 Å². The molecule has 124 valence electrons. The first-order valence-corrected chi connectivity index (χ1v) is 10.9. The Morgan fingerprint density at radius 1 is 0.818 bits per heavy atom. The van der Waals surface area contributed by atoms with Gasteiger partial charge >= 0.3 is 0 Å². The SMILES string of the molecule is CCCCCCCc1cc2sc(C(C)CCCCC)cc2s1. The van der Waals surface area contributed by atoms with Crippen LogP contribution < -0.4 is 0 Å². The van der Waals surface area contributed by atoms with Crippen molar-refractivity contribution in [1.29, 1.82) is 0 Å². The van der Waals surface area contributed by atoms with E-state index in [2.05, 4.69) is 32.9 Å². The van der Waals surface area contributed by atoms with Crippen molar-refractivity contribution >= 4 is 32.1 Å². The van der Waals surface area contributed by atoms with Crippen LogP contribution in [0.5, 0.6) is 0 Å². The lowest BCUT2D eigenvalue weighted by atomic mass is 10.0. The molecule has 0 aliphatic carbocycles. The summed E-state index contributed by atoms with van der Waals surface area (Å²) in [6, 6.07) is 4.94. The van der Waals surface area contributed by atoms with Gasteiger partial charge in [-0.15, -0.1) is 22.7 Å². The fourth-order valence-corrected chi connectivity index (χ4v) is 5.58. The van der Waals surface area contributed by atoms with Gasteiger partial charge in [-0.1, -0.05) is 65.7 Å². The average molecular weight is 337 g/mol. The van der Waals surface area contributed by atoms with Crippen molar-refractivity contribution < 1.29 is 0 Å². The zero-order chi connectivity index (χ0) is 15.8. The number of rotatable bonds is 11. The molecule has 2 aromatic heterocycles. The number of thiophene rings is 2. The molecule has 2 heterocycles. The molecule has 0 aliphatic heterocycles. The zero-order valence-electron chi connectivity index (χ0n) is 14.6. The smallest absolute Gasteiger partial charge is 0.0456 e. The van der Waals surface area contributed by atoms with Crippen molar-refractivity contribution in [3.8, 4) is 0 Å². The Morgan fingerprint density at radius 3 is 2.23 bits per heavy atom. The summed E-state index contributed by atoms with van der Waals surface area (Å²) in [6.07, 6.45) is 13.7. The predicted molar refractivity (Wildman–Crippen MR) is 105 cm³/mol. The highest BCUT2D eigenvalue weighted by atomic mass is 32.1. The molecule has 2 heteroatoms. The monoisotopic (exact) mass is 336 g/mol. The summed E-state index contributed by atoms with van der Waals surface area (Å²) in [4.78, 5) is 3.20. The Labute approximate surface area is 145 Å². The summed E-state index contributed by atoms with van der Waals surface area (Å²) in [5.74, 6) is 0.744. The molecule has 1 atom stereocenters. The van der Waals surface area contributed by atoms with Gasteiger partial charge in [0.2, 0.25) is 0 Å². The third-order valence-corrected chi connectivity index (χ3v) is 7.11. The topological polar surface area (TPSA) is 0 Å². The van der Waals surface area contributed by atoms with Crippen LogP contribution in [-0.2, 0) is 6.42 Å². The van der Waals surface area contributed by atoms with E-state index >= 15 is 0 Å². The van der Waals surface area contributed by atoms with Crippen molar-refractivity contribution in [2.45, 2.75) is 90.9 Å². The lowest BCUT2D eigenvalue weighted by molar-refractivity contribution is 0.604. The molecule has 0 radical (unpaired) electrons. The van der Waals surface area contributed by atoms with Crippen LogP contribution in [0, 0.1) is 0 Å². The van der Waals surface area contributed by atoms with Gasteiger partial charge in [0.1, 0.15) is 0 Å². The van der Waals surface area contributed by atoms with E-state index in [1.807, 2.05) is 22.7 Å². The normalized spacial score (nSPS) is 13.0. The van der Waals surface area contributed by atoms with E-state index in [4.69, 9.17) is 0 Å². The molecule has 0 amide bonds. The van der Waals surface area contributed by atoms with Gasteiger partial charge in [-0.2, -0.15) is 0 Å². The van der Waals surface area contributed by atoms with Crippen molar-refractivity contribution in [3.63, 3.8) is 0 Å². The lowest BCUT2D eigenvalue weighted by Gasteiger charge is -2.07. The molecule has 0 N–H and O–H groups in total. The first-order valence-electron chi connectivity index (χ1n) is 9.26. The van der Waals surface area contributed by atoms with Crippen molar-refractivity contribution in [3.05, 3.63) is 21.9 Å². The summed E-state index contributed by atoms with van der Waals surface area (Å²) in [7, 11) is 0. The summed E-state index contributed by atoms with van der Waals surface area (Å²) < 4.78 is 3.07. The number of aryl methyl sites for hydroxylation is 1. The Morgan fingerprint density at radius 2 is 1.50 bits per heavy atom. The fraction of sp³-hybridized carbons (Fsp3) is 0.700. The van der Waals surface area contributed by atoms with Gasteiger partial charge in [0.05, 0.1) is 0 Å². The van der Waals surface area contributed by atoms with E-state index < -0.39 is 0 Å². The maximum Gasteiger partial charge on any atom is 0.0456 e. The molecule has 0 spiro atoms. The Balaban J connectivity index is 1.83. The third-order valence-electron chi connectivity index (χ3n) is 4.53. The van der Waals surface area contributed by atoms with E-state index in [-0.39, 0.29) is 0 Å². The van der Waals surface area contributed by atoms with Crippen LogP contribution >= 0.6 is 22.7 Å². The molecule has 0 saturated heterocycles. The summed E-state index contributed by atoms with van der Waals surface area (Å²) in [5, 5.41) is 0. The van der Waals surface area contributed by atoms with Crippen LogP contribution in [0.1, 0.15) is 94.2 Å². The molecule has 22 heavy (non-hydrogen) atoms. The molecule has 0 bridgehead atoms. The van der Waals surface area contributed by atoms with Gasteiger partial charge in [-0.3, -0.25) is 0 Å². The van der Waals surface area contributed by atoms with Crippen LogP contribution in [0.4, 0.5) is 0 Å². The summed E-state index contributed by atoms with van der Waals surface area (Å²) >= 11 is 4.08. The molecular weight excluding hydrogens is 304 g/mol. The second-order valence-electron chi connectivity index (χ2n) is 6.65. The minimum atomic E-state index is 0.744. The van der Waals surface area contributed by atoms with Crippen molar-refractivity contribution in [2.24, 2.45) is 0 Å². The highest BCUT2D eigenvalue weighted by Crippen LogP contribution is 2.38. The molecule has 0 aromatic carbocycles. The highest BCUT2D eigenvalue weighted by molar-refractivity contribution is 7.27. The Bertz CT molecular complexity index is 503. The quantitative estimate of drug-likeness (QED) is 0.363. The minimum absolute atomic E-state index is 0.744. The van der Waals surface area contributed by atoms with Gasteiger partial charge in [0.15, 0.2) is 0 Å². The largest absolute Gasteiger partial charge is 0.139 e. The van der Waals surface area contributed by atoms with E-state index in [0.29, 0.717) is 0 Å². The van der Waals surface area contributed by atoms with E-state index in [1.165, 1.54) is 73.6 Å². The molecule has 0 nitrogen and oxygen atoms in total. The van der Waals surface area contributed by atoms with Crippen LogP contribution in [0.15, 0.2) is 12.1 Å².